The molecule has 0 amide bonds. The van der Waals surface area contributed by atoms with Crippen molar-refractivity contribution in [1.82, 2.24) is 24.3 Å². The lowest BCUT2D eigenvalue weighted by molar-refractivity contribution is -0.146. The number of nitrogens with zero attached hydrogens (tertiary/aromatic N) is 6. The van der Waals surface area contributed by atoms with Crippen molar-refractivity contribution >= 4 is 23.9 Å². The summed E-state index contributed by atoms with van der Waals surface area (Å²) in [5.74, 6) is -2.18. The predicted octanol–water partition coefficient (Wildman–Crippen LogP) is 5.48. The summed E-state index contributed by atoms with van der Waals surface area (Å²) in [5, 5.41) is 12.1. The average Bonchev–Trinajstić information content (AvgIpc) is 3.75. The van der Waals surface area contributed by atoms with Gasteiger partial charge in [0.25, 0.3) is 0 Å². The molecule has 2 aromatic carbocycles. The number of aromatic nitrogens is 5. The van der Waals surface area contributed by atoms with E-state index in [9.17, 15) is 13.6 Å². The van der Waals surface area contributed by atoms with Crippen molar-refractivity contribution in [3.05, 3.63) is 120 Å². The Bertz CT molecular complexity index is 1700. The molecule has 1 fully saturated rings. The molecule has 0 aliphatic carbocycles. The predicted molar refractivity (Wildman–Crippen MR) is 158 cm³/mol. The van der Waals surface area contributed by atoms with Crippen LogP contribution in [0.3, 0.4) is 0 Å². The zero-order valence-electron chi connectivity index (χ0n) is 23.9. The first-order valence-corrected chi connectivity index (χ1v) is 14.6. The maximum Gasteiger partial charge on any atom is 0.420 e. The van der Waals surface area contributed by atoms with Gasteiger partial charge in [-0.2, -0.15) is 10.4 Å². The van der Waals surface area contributed by atoms with E-state index in [0.717, 1.165) is 16.7 Å². The summed E-state index contributed by atoms with van der Waals surface area (Å²) >= 11 is 1.35. The van der Waals surface area contributed by atoms with E-state index in [2.05, 4.69) is 15.1 Å². The molecular weight excluding hydrogens is 609 g/mol. The molecule has 10 nitrogen and oxygen atoms in total. The fourth-order valence-electron chi connectivity index (χ4n) is 4.70. The molecule has 0 saturated carbocycles. The summed E-state index contributed by atoms with van der Waals surface area (Å²) in [6.07, 6.45) is 11.8. The van der Waals surface area contributed by atoms with Crippen molar-refractivity contribution < 1.29 is 32.2 Å². The Hall–Kier alpha value is -4.71. The molecule has 232 valence electrons. The van der Waals surface area contributed by atoms with Crippen LogP contribution in [0.5, 0.6) is 0 Å². The maximum absolute atomic E-state index is 15.5. The van der Waals surface area contributed by atoms with Crippen LogP contribution in [0.1, 0.15) is 23.6 Å². The highest BCUT2D eigenvalue weighted by Crippen LogP contribution is 2.42. The van der Waals surface area contributed by atoms with Crippen molar-refractivity contribution in [3.63, 3.8) is 0 Å². The first-order valence-electron chi connectivity index (χ1n) is 13.7. The molecule has 45 heavy (non-hydrogen) atoms. The molecule has 1 aliphatic heterocycles. The van der Waals surface area contributed by atoms with Crippen molar-refractivity contribution in [2.75, 3.05) is 13.2 Å². The highest BCUT2D eigenvalue weighted by atomic mass is 32.2. The topological polar surface area (TPSA) is 117 Å². The number of carbonyl (C=O) groups excluding carboxylic acids is 1. The Kier molecular flexibility index (Phi) is 10.1. The number of ether oxygens (including phenoxy) is 3. The molecule has 5 rings (SSSR count). The molecule has 4 aromatic rings. The van der Waals surface area contributed by atoms with Gasteiger partial charge in [0.15, 0.2) is 11.9 Å². The van der Waals surface area contributed by atoms with E-state index >= 15 is 4.39 Å². The van der Waals surface area contributed by atoms with Crippen LogP contribution in [0.2, 0.25) is 0 Å². The first-order chi connectivity index (χ1) is 21.8. The van der Waals surface area contributed by atoms with E-state index in [-0.39, 0.29) is 36.1 Å². The Balaban J connectivity index is 1.31. The molecule has 0 unspecified atom stereocenters. The SMILES string of the molecule is C[C@@H](S[C@H]1CO[C@H](C=CC=Cc2ccc(C#N)cc2F)OC1)[C@@](Cn1cncn1)(OC(=O)n1ccnc1)c1ccc(F)cc1F. The highest BCUT2D eigenvalue weighted by molar-refractivity contribution is 8.00. The fraction of sp³-hybridized carbons (Fsp3) is 0.258. The lowest BCUT2D eigenvalue weighted by Gasteiger charge is -2.40. The monoisotopic (exact) mass is 636 g/mol. The highest BCUT2D eigenvalue weighted by Gasteiger charge is 2.47. The molecule has 1 aliphatic rings. The average molecular weight is 637 g/mol. The van der Waals surface area contributed by atoms with E-state index in [1.807, 2.05) is 6.07 Å². The molecule has 1 saturated heterocycles. The quantitative estimate of drug-likeness (QED) is 0.209. The summed E-state index contributed by atoms with van der Waals surface area (Å²) < 4.78 is 63.9. The second-order valence-corrected chi connectivity index (χ2v) is 11.6. The molecule has 0 bridgehead atoms. The third-order valence-corrected chi connectivity index (χ3v) is 8.41. The van der Waals surface area contributed by atoms with Crippen molar-refractivity contribution in [2.24, 2.45) is 0 Å². The number of hydrogen-bond donors (Lipinski definition) is 0. The number of benzene rings is 2. The van der Waals surface area contributed by atoms with Crippen LogP contribution in [0, 0.1) is 28.8 Å². The van der Waals surface area contributed by atoms with Crippen LogP contribution in [-0.2, 0) is 26.4 Å². The molecule has 0 radical (unpaired) electrons. The van der Waals surface area contributed by atoms with Crippen LogP contribution in [0.15, 0.2) is 86.0 Å². The summed E-state index contributed by atoms with van der Waals surface area (Å²) in [4.78, 5) is 21.1. The van der Waals surface area contributed by atoms with Crippen molar-refractivity contribution in [1.29, 1.82) is 5.26 Å². The Morgan fingerprint density at radius 2 is 1.98 bits per heavy atom. The second kappa shape index (κ2) is 14.4. The Labute approximate surface area is 260 Å². The zero-order chi connectivity index (χ0) is 31.8. The number of thioether (sulfide) groups is 1. The minimum atomic E-state index is -1.68. The van der Waals surface area contributed by atoms with Crippen molar-refractivity contribution in [3.8, 4) is 6.07 Å². The number of imidazole rings is 1. The van der Waals surface area contributed by atoms with E-state index in [0.29, 0.717) is 5.56 Å². The van der Waals surface area contributed by atoms with Crippen molar-refractivity contribution in [2.45, 2.75) is 35.9 Å². The third kappa shape index (κ3) is 7.69. The second-order valence-electron chi connectivity index (χ2n) is 9.97. The van der Waals surface area contributed by atoms with Gasteiger partial charge >= 0.3 is 6.09 Å². The van der Waals surface area contributed by atoms with E-state index in [1.165, 1.54) is 72.1 Å². The van der Waals surface area contributed by atoms with Gasteiger partial charge in [0.2, 0.25) is 0 Å². The van der Waals surface area contributed by atoms with Gasteiger partial charge in [-0.15, -0.1) is 11.8 Å². The molecule has 3 heterocycles. The standard InChI is InChI=1S/C31H27F3N6O4S/c1-21(45-25-15-42-29(43-16-25)5-3-2-4-23-7-6-22(14-35)12-27(23)33)31(17-40-20-37-18-38-40,26-9-8-24(32)13-28(26)34)44-30(41)39-11-10-36-19-39/h2-13,18-21,25,29H,15-17H2,1H3/t21-,25-,29-,31-/m1/s1. The Morgan fingerprint density at radius 1 is 1.16 bits per heavy atom. The summed E-state index contributed by atoms with van der Waals surface area (Å²) in [6, 6.07) is 9.20. The summed E-state index contributed by atoms with van der Waals surface area (Å²) in [5.41, 5.74) is -1.16. The maximum atomic E-state index is 15.5. The van der Waals surface area contributed by atoms with Gasteiger partial charge < -0.3 is 14.2 Å². The van der Waals surface area contributed by atoms with Crippen LogP contribution >= 0.6 is 11.8 Å². The van der Waals surface area contributed by atoms with Gasteiger partial charge in [-0.25, -0.2) is 37.2 Å². The van der Waals surface area contributed by atoms with E-state index in [4.69, 9.17) is 19.5 Å². The van der Waals surface area contributed by atoms with Gasteiger partial charge in [0, 0.05) is 34.8 Å². The smallest absolute Gasteiger partial charge is 0.420 e. The largest absolute Gasteiger partial charge is 0.434 e. The number of hydrogen-bond acceptors (Lipinski definition) is 9. The number of halogens is 3. The van der Waals surface area contributed by atoms with E-state index in [1.54, 1.807) is 31.2 Å². The van der Waals surface area contributed by atoms with Crippen LogP contribution < -0.4 is 0 Å². The van der Waals surface area contributed by atoms with Gasteiger partial charge in [-0.3, -0.25) is 0 Å². The van der Waals surface area contributed by atoms with Crippen LogP contribution in [-0.4, -0.2) is 60.4 Å². The molecule has 0 spiro atoms. The minimum absolute atomic E-state index is 0.0446. The van der Waals surface area contributed by atoms with Gasteiger partial charge in [0.05, 0.1) is 36.6 Å². The minimum Gasteiger partial charge on any atom is -0.434 e. The normalized spacial score (nSPS) is 18.9. The fourth-order valence-corrected chi connectivity index (χ4v) is 6.06. The Morgan fingerprint density at radius 3 is 2.64 bits per heavy atom. The third-order valence-electron chi connectivity index (χ3n) is 6.97. The molecule has 0 N–H and O–H groups in total. The zero-order valence-corrected chi connectivity index (χ0v) is 24.7. The summed E-state index contributed by atoms with van der Waals surface area (Å²) in [6.45, 7) is 2.14. The molecule has 2 atom stereocenters. The van der Waals surface area contributed by atoms with Crippen LogP contribution in [0.25, 0.3) is 6.08 Å². The summed E-state index contributed by atoms with van der Waals surface area (Å²) in [7, 11) is 0. The molecule has 2 aromatic heterocycles. The first kappa shape index (κ1) is 31.7. The lowest BCUT2D eigenvalue weighted by atomic mass is 9.89. The number of carbonyl (C=O) groups is 1. The van der Waals surface area contributed by atoms with Gasteiger partial charge in [-0.1, -0.05) is 24.3 Å². The number of allylic oxidation sites excluding steroid dienone is 2. The number of rotatable bonds is 10. The van der Waals surface area contributed by atoms with Gasteiger partial charge in [-0.05, 0) is 37.3 Å². The molecule has 14 heteroatoms. The van der Waals surface area contributed by atoms with Crippen LogP contribution in [0.4, 0.5) is 18.0 Å². The number of nitriles is 1. The van der Waals surface area contributed by atoms with E-state index < -0.39 is 40.7 Å². The van der Waals surface area contributed by atoms with Gasteiger partial charge in [0.1, 0.15) is 36.4 Å². The molecular formula is C31H27F3N6O4S. The lowest BCUT2D eigenvalue weighted by Crippen LogP contribution is -2.47.